The Morgan fingerprint density at radius 2 is 1.86 bits per heavy atom. The van der Waals surface area contributed by atoms with Crippen molar-refractivity contribution in [2.45, 2.75) is 46.0 Å². The maximum Gasteiger partial charge on any atom is 0.573 e. The van der Waals surface area contributed by atoms with E-state index in [9.17, 15) is 18.0 Å². The third kappa shape index (κ3) is 7.95. The highest BCUT2D eigenvalue weighted by atomic mass is 32.2. The lowest BCUT2D eigenvalue weighted by Crippen LogP contribution is -2.36. The minimum atomic E-state index is -4.75. The van der Waals surface area contributed by atoms with Crippen LogP contribution < -0.4 is 15.0 Å². The van der Waals surface area contributed by atoms with Crippen LogP contribution in [-0.4, -0.2) is 44.6 Å². The molecule has 43 heavy (non-hydrogen) atoms. The number of nitrogens with one attached hydrogen (secondary N) is 1. The van der Waals surface area contributed by atoms with Gasteiger partial charge in [-0.25, -0.2) is 14.5 Å². The van der Waals surface area contributed by atoms with Gasteiger partial charge in [0.2, 0.25) is 0 Å². The highest BCUT2D eigenvalue weighted by molar-refractivity contribution is 8.14. The molecule has 4 aromatic rings. The summed E-state index contributed by atoms with van der Waals surface area (Å²) in [6.45, 7) is 5.36. The van der Waals surface area contributed by atoms with Crippen molar-refractivity contribution in [3.8, 4) is 22.8 Å². The van der Waals surface area contributed by atoms with E-state index in [2.05, 4.69) is 62.1 Å². The molecule has 1 aliphatic heterocycles. The Balaban J connectivity index is 1.21. The van der Waals surface area contributed by atoms with E-state index in [1.165, 1.54) is 46.4 Å². The van der Waals surface area contributed by atoms with E-state index in [-0.39, 0.29) is 5.75 Å². The summed E-state index contributed by atoms with van der Waals surface area (Å²) >= 11 is 1.60. The number of nitrogens with zero attached hydrogens (tertiary/aromatic N) is 5. The Bertz CT molecular complexity index is 1590. The lowest BCUT2D eigenvalue weighted by molar-refractivity contribution is -0.274. The van der Waals surface area contributed by atoms with Gasteiger partial charge in [0.05, 0.1) is 5.69 Å². The van der Waals surface area contributed by atoms with E-state index >= 15 is 0 Å². The zero-order chi connectivity index (χ0) is 30.4. The summed E-state index contributed by atoms with van der Waals surface area (Å²) in [4.78, 5) is 23.7. The number of hydrogen-bond donors (Lipinski definition) is 1. The molecule has 0 spiro atoms. The van der Waals surface area contributed by atoms with Gasteiger partial charge in [-0.3, -0.25) is 0 Å². The Hall–Kier alpha value is -4.32. The standard InChI is InChI=1S/C31H31F3N6O2S/c1-3-5-23-9-6-21(2)18-27(23)39-16-4-17-43-30(39)37-29(41)35-19-22-7-10-24(11-8-22)28-36-20-40(38-28)25-12-14-26(15-13-25)42-31(32,33)34/h6-15,18,20H,3-5,16-17,19H2,1-2H3,(H,35,41). The number of amides is 2. The van der Waals surface area contributed by atoms with E-state index in [1.807, 2.05) is 24.3 Å². The first-order valence-corrected chi connectivity index (χ1v) is 14.9. The molecular formula is C31H31F3N6O2S. The van der Waals surface area contributed by atoms with Crippen LogP contribution in [0.3, 0.4) is 0 Å². The average Bonchev–Trinajstić information content (AvgIpc) is 3.48. The molecule has 0 aliphatic carbocycles. The Morgan fingerprint density at radius 1 is 1.09 bits per heavy atom. The first-order chi connectivity index (χ1) is 20.7. The smallest absolute Gasteiger partial charge is 0.406 e. The van der Waals surface area contributed by atoms with Crippen LogP contribution in [0.5, 0.6) is 5.75 Å². The van der Waals surface area contributed by atoms with Crippen molar-refractivity contribution >= 4 is 28.6 Å². The number of aliphatic imine (C=N–C) groups is 1. The predicted octanol–water partition coefficient (Wildman–Crippen LogP) is 7.30. The molecule has 8 nitrogen and oxygen atoms in total. The van der Waals surface area contributed by atoms with Gasteiger partial charge in [-0.2, -0.15) is 4.99 Å². The van der Waals surface area contributed by atoms with Crippen molar-refractivity contribution < 1.29 is 22.7 Å². The largest absolute Gasteiger partial charge is 0.573 e. The first-order valence-electron chi connectivity index (χ1n) is 13.9. The van der Waals surface area contributed by atoms with Crippen molar-refractivity contribution in [3.05, 3.63) is 89.7 Å². The van der Waals surface area contributed by atoms with Crippen molar-refractivity contribution in [2.24, 2.45) is 4.99 Å². The average molecular weight is 609 g/mol. The molecule has 1 saturated heterocycles. The van der Waals surface area contributed by atoms with Crippen LogP contribution in [0.25, 0.3) is 17.1 Å². The molecule has 0 radical (unpaired) electrons. The van der Waals surface area contributed by atoms with Gasteiger partial charge in [0, 0.05) is 30.1 Å². The number of carbonyl (C=O) groups is 1. The molecule has 1 aliphatic rings. The molecule has 224 valence electrons. The molecule has 0 atom stereocenters. The van der Waals surface area contributed by atoms with Crippen LogP contribution >= 0.6 is 11.8 Å². The number of hydrogen-bond acceptors (Lipinski definition) is 5. The summed E-state index contributed by atoms with van der Waals surface area (Å²) < 4.78 is 42.6. The number of anilines is 1. The second-order valence-corrected chi connectivity index (χ2v) is 11.1. The number of benzene rings is 3. The number of urea groups is 1. The molecule has 1 fully saturated rings. The van der Waals surface area contributed by atoms with E-state index in [1.54, 1.807) is 11.8 Å². The maximum absolute atomic E-state index is 12.8. The van der Waals surface area contributed by atoms with Gasteiger partial charge in [0.15, 0.2) is 11.0 Å². The summed E-state index contributed by atoms with van der Waals surface area (Å²) in [5.74, 6) is 1.05. The van der Waals surface area contributed by atoms with Gasteiger partial charge < -0.3 is 15.0 Å². The molecule has 5 rings (SSSR count). The molecule has 2 amide bonds. The van der Waals surface area contributed by atoms with Crippen molar-refractivity contribution in [2.75, 3.05) is 17.2 Å². The fourth-order valence-corrected chi connectivity index (χ4v) is 5.63. The molecular weight excluding hydrogens is 577 g/mol. The fraction of sp³-hybridized carbons (Fsp3) is 0.290. The molecule has 3 aromatic carbocycles. The van der Waals surface area contributed by atoms with E-state index < -0.39 is 12.4 Å². The van der Waals surface area contributed by atoms with Gasteiger partial charge >= 0.3 is 12.4 Å². The van der Waals surface area contributed by atoms with Crippen LogP contribution in [0.2, 0.25) is 0 Å². The molecule has 1 N–H and O–H groups in total. The predicted molar refractivity (Wildman–Crippen MR) is 163 cm³/mol. The number of aromatic nitrogens is 3. The minimum absolute atomic E-state index is 0.306. The van der Waals surface area contributed by atoms with Gasteiger partial charge in [-0.15, -0.1) is 18.3 Å². The number of ether oxygens (including phenoxy) is 1. The number of amidine groups is 1. The highest BCUT2D eigenvalue weighted by Crippen LogP contribution is 2.30. The second kappa shape index (κ2) is 13.3. The van der Waals surface area contributed by atoms with Crippen LogP contribution in [0.4, 0.5) is 23.7 Å². The summed E-state index contributed by atoms with van der Waals surface area (Å²) in [5, 5.41) is 8.03. The van der Waals surface area contributed by atoms with Gasteiger partial charge in [-0.05, 0) is 66.8 Å². The Kier molecular flexibility index (Phi) is 9.34. The monoisotopic (exact) mass is 608 g/mol. The van der Waals surface area contributed by atoms with E-state index in [0.29, 0.717) is 23.2 Å². The molecule has 0 saturated carbocycles. The lowest BCUT2D eigenvalue weighted by atomic mass is 10.0. The van der Waals surface area contributed by atoms with E-state index in [0.717, 1.165) is 48.4 Å². The number of rotatable bonds is 8. The Morgan fingerprint density at radius 3 is 2.58 bits per heavy atom. The third-order valence-corrected chi connectivity index (χ3v) is 7.78. The van der Waals surface area contributed by atoms with Gasteiger partial charge in [0.25, 0.3) is 0 Å². The van der Waals surface area contributed by atoms with Crippen LogP contribution in [-0.2, 0) is 13.0 Å². The lowest BCUT2D eigenvalue weighted by Gasteiger charge is -2.31. The molecule has 2 heterocycles. The zero-order valence-electron chi connectivity index (χ0n) is 23.8. The molecule has 1 aromatic heterocycles. The maximum atomic E-state index is 12.8. The van der Waals surface area contributed by atoms with Crippen molar-refractivity contribution in [1.29, 1.82) is 0 Å². The molecule has 0 unspecified atom stereocenters. The number of thioether (sulfide) groups is 1. The SMILES string of the molecule is CCCc1ccc(C)cc1N1CCCSC1=NC(=O)NCc1ccc(-c2ncn(-c3ccc(OC(F)(F)F)cc3)n2)cc1. The third-order valence-electron chi connectivity index (χ3n) is 6.72. The number of alkyl halides is 3. The van der Waals surface area contributed by atoms with Crippen LogP contribution in [0.15, 0.2) is 78.0 Å². The quantitative estimate of drug-likeness (QED) is 0.226. The minimum Gasteiger partial charge on any atom is -0.406 e. The second-order valence-electron chi connectivity index (χ2n) is 10.0. The summed E-state index contributed by atoms with van der Waals surface area (Å²) in [6.07, 6.45) is -0.237. The summed E-state index contributed by atoms with van der Waals surface area (Å²) in [7, 11) is 0. The topological polar surface area (TPSA) is 84.6 Å². The van der Waals surface area contributed by atoms with Crippen LogP contribution in [0, 0.1) is 6.92 Å². The first kappa shape index (κ1) is 30.1. The summed E-state index contributed by atoms with van der Waals surface area (Å²) in [5.41, 5.74) is 5.73. The number of carbonyl (C=O) groups excluding carboxylic acids is 1. The number of aryl methyl sites for hydroxylation is 2. The Labute approximate surface area is 252 Å². The highest BCUT2D eigenvalue weighted by Gasteiger charge is 2.31. The molecule has 0 bridgehead atoms. The van der Waals surface area contributed by atoms with Gasteiger partial charge in [0.1, 0.15) is 12.1 Å². The van der Waals surface area contributed by atoms with E-state index in [4.69, 9.17) is 0 Å². The number of halogens is 3. The fourth-order valence-electron chi connectivity index (χ4n) is 4.68. The van der Waals surface area contributed by atoms with Crippen molar-refractivity contribution in [1.82, 2.24) is 20.1 Å². The van der Waals surface area contributed by atoms with Crippen LogP contribution in [0.1, 0.15) is 36.5 Å². The van der Waals surface area contributed by atoms with Gasteiger partial charge in [-0.1, -0.05) is 61.5 Å². The summed E-state index contributed by atoms with van der Waals surface area (Å²) in [6, 6.07) is 18.9. The normalized spacial score (nSPS) is 14.6. The zero-order valence-corrected chi connectivity index (χ0v) is 24.6. The van der Waals surface area contributed by atoms with Crippen molar-refractivity contribution in [3.63, 3.8) is 0 Å². The molecule has 12 heteroatoms.